The first-order valence-electron chi connectivity index (χ1n) is 6.73. The minimum absolute atomic E-state index is 0.191. The van der Waals surface area contributed by atoms with Gasteiger partial charge in [-0.15, -0.1) is 0 Å². The summed E-state index contributed by atoms with van der Waals surface area (Å²) in [5, 5.41) is 11.9. The van der Waals surface area contributed by atoms with E-state index in [4.69, 9.17) is 4.42 Å². The van der Waals surface area contributed by atoms with Crippen molar-refractivity contribution in [2.45, 2.75) is 27.7 Å². The van der Waals surface area contributed by atoms with Crippen molar-refractivity contribution in [2.75, 3.05) is 5.32 Å². The number of hydrogen-bond acceptors (Lipinski definition) is 3. The van der Waals surface area contributed by atoms with Gasteiger partial charge >= 0.3 is 0 Å². The molecule has 108 valence electrons. The van der Waals surface area contributed by atoms with E-state index < -0.39 is 5.41 Å². The molecule has 0 fully saturated rings. The molecule has 0 saturated carbocycles. The van der Waals surface area contributed by atoms with E-state index in [9.17, 15) is 10.1 Å². The molecule has 4 heteroatoms. The number of amides is 1. The fourth-order valence-electron chi connectivity index (χ4n) is 1.72. The van der Waals surface area contributed by atoms with Gasteiger partial charge in [0.1, 0.15) is 17.4 Å². The predicted molar refractivity (Wildman–Crippen MR) is 81.7 cm³/mol. The highest BCUT2D eigenvalue weighted by atomic mass is 16.4. The van der Waals surface area contributed by atoms with Crippen molar-refractivity contribution in [1.29, 1.82) is 5.26 Å². The Hall–Kier alpha value is -2.54. The molecule has 1 amide bonds. The number of furan rings is 1. The van der Waals surface area contributed by atoms with Crippen LogP contribution in [0.25, 0.3) is 11.3 Å². The third-order valence-electron chi connectivity index (χ3n) is 3.10. The highest BCUT2D eigenvalue weighted by molar-refractivity contribution is 5.94. The SMILES string of the molecule is Cc1ccc(-c2cc(C#N)c(NC(=O)C(C)(C)C)o2)cc1. The monoisotopic (exact) mass is 282 g/mol. The van der Waals surface area contributed by atoms with E-state index in [-0.39, 0.29) is 11.8 Å². The molecule has 0 bridgehead atoms. The van der Waals surface area contributed by atoms with Crippen molar-refractivity contribution in [2.24, 2.45) is 5.41 Å². The van der Waals surface area contributed by atoms with Gasteiger partial charge in [-0.05, 0) is 6.92 Å². The number of hydrogen-bond donors (Lipinski definition) is 1. The molecule has 0 aliphatic carbocycles. The summed E-state index contributed by atoms with van der Waals surface area (Å²) in [4.78, 5) is 12.0. The molecular weight excluding hydrogens is 264 g/mol. The Morgan fingerprint density at radius 3 is 2.38 bits per heavy atom. The van der Waals surface area contributed by atoms with Crippen molar-refractivity contribution in [3.63, 3.8) is 0 Å². The molecule has 1 aromatic carbocycles. The second kappa shape index (κ2) is 5.45. The second-order valence-corrected chi connectivity index (χ2v) is 6.04. The van der Waals surface area contributed by atoms with Gasteiger partial charge in [-0.2, -0.15) is 5.26 Å². The smallest absolute Gasteiger partial charge is 0.232 e. The first-order chi connectivity index (χ1) is 9.81. The average molecular weight is 282 g/mol. The number of nitrogens with zero attached hydrogens (tertiary/aromatic N) is 1. The fraction of sp³-hybridized carbons (Fsp3) is 0.294. The average Bonchev–Trinajstić information content (AvgIpc) is 2.81. The Balaban J connectivity index is 2.34. The quantitative estimate of drug-likeness (QED) is 0.901. The first kappa shape index (κ1) is 14.9. The molecule has 0 unspecified atom stereocenters. The summed E-state index contributed by atoms with van der Waals surface area (Å²) in [5.74, 6) is 0.576. The lowest BCUT2D eigenvalue weighted by Gasteiger charge is -2.16. The van der Waals surface area contributed by atoms with Gasteiger partial charge in [0.05, 0.1) is 0 Å². The largest absolute Gasteiger partial charge is 0.439 e. The minimum atomic E-state index is -0.552. The zero-order valence-electron chi connectivity index (χ0n) is 12.7. The van der Waals surface area contributed by atoms with E-state index in [0.717, 1.165) is 11.1 Å². The fourth-order valence-corrected chi connectivity index (χ4v) is 1.72. The second-order valence-electron chi connectivity index (χ2n) is 6.04. The molecular formula is C17H18N2O2. The highest BCUT2D eigenvalue weighted by Gasteiger charge is 2.24. The van der Waals surface area contributed by atoms with Crippen LogP contribution in [0, 0.1) is 23.7 Å². The molecule has 0 radical (unpaired) electrons. The van der Waals surface area contributed by atoms with Crippen LogP contribution >= 0.6 is 0 Å². The van der Waals surface area contributed by atoms with E-state index in [1.165, 1.54) is 0 Å². The number of carbonyl (C=O) groups excluding carboxylic acids is 1. The van der Waals surface area contributed by atoms with Crippen LogP contribution in [0.2, 0.25) is 0 Å². The van der Waals surface area contributed by atoms with Crippen LogP contribution in [0.4, 0.5) is 5.88 Å². The van der Waals surface area contributed by atoms with Gasteiger partial charge in [0, 0.05) is 17.0 Å². The van der Waals surface area contributed by atoms with Crippen molar-refractivity contribution in [3.8, 4) is 17.4 Å². The molecule has 1 N–H and O–H groups in total. The third-order valence-corrected chi connectivity index (χ3v) is 3.10. The van der Waals surface area contributed by atoms with Gasteiger partial charge in [-0.3, -0.25) is 10.1 Å². The lowest BCUT2D eigenvalue weighted by atomic mass is 9.96. The van der Waals surface area contributed by atoms with E-state index in [2.05, 4.69) is 5.32 Å². The van der Waals surface area contributed by atoms with E-state index in [1.807, 2.05) is 37.3 Å². The van der Waals surface area contributed by atoms with Crippen LogP contribution in [-0.2, 0) is 4.79 Å². The molecule has 0 atom stereocenters. The van der Waals surface area contributed by atoms with E-state index in [1.54, 1.807) is 26.8 Å². The molecule has 0 aliphatic heterocycles. The summed E-state index contributed by atoms with van der Waals surface area (Å²) in [6.45, 7) is 7.41. The lowest BCUT2D eigenvalue weighted by molar-refractivity contribution is -0.123. The maximum absolute atomic E-state index is 12.0. The molecule has 0 aliphatic rings. The van der Waals surface area contributed by atoms with Crippen LogP contribution in [-0.4, -0.2) is 5.91 Å². The maximum Gasteiger partial charge on any atom is 0.232 e. The number of nitriles is 1. The number of nitrogens with one attached hydrogen (secondary N) is 1. The van der Waals surface area contributed by atoms with Gasteiger partial charge in [-0.25, -0.2) is 0 Å². The standard InChI is InChI=1S/C17H18N2O2/c1-11-5-7-12(8-6-11)14-9-13(10-18)15(21-14)19-16(20)17(2,3)4/h5-9H,1-4H3,(H,19,20). The summed E-state index contributed by atoms with van der Waals surface area (Å²) in [6.07, 6.45) is 0. The molecule has 4 nitrogen and oxygen atoms in total. The van der Waals surface area contributed by atoms with Crippen molar-refractivity contribution >= 4 is 11.8 Å². The van der Waals surface area contributed by atoms with Crippen LogP contribution in [0.3, 0.4) is 0 Å². The van der Waals surface area contributed by atoms with Gasteiger partial charge in [0.25, 0.3) is 0 Å². The summed E-state index contributed by atoms with van der Waals surface area (Å²) in [7, 11) is 0. The van der Waals surface area contributed by atoms with Crippen molar-refractivity contribution in [1.82, 2.24) is 0 Å². The highest BCUT2D eigenvalue weighted by Crippen LogP contribution is 2.30. The predicted octanol–water partition coefficient (Wildman–Crippen LogP) is 4.11. The Morgan fingerprint density at radius 2 is 1.86 bits per heavy atom. The van der Waals surface area contributed by atoms with Crippen molar-refractivity contribution < 1.29 is 9.21 Å². The Kier molecular flexibility index (Phi) is 3.86. The van der Waals surface area contributed by atoms with Crippen LogP contribution in [0.5, 0.6) is 0 Å². The molecule has 21 heavy (non-hydrogen) atoms. The summed E-state index contributed by atoms with van der Waals surface area (Å²) in [6, 6.07) is 11.5. The molecule has 2 rings (SSSR count). The Bertz CT molecular complexity index is 698. The number of aryl methyl sites for hydroxylation is 1. The number of benzene rings is 1. The maximum atomic E-state index is 12.0. The van der Waals surface area contributed by atoms with Crippen LogP contribution in [0.15, 0.2) is 34.7 Å². The van der Waals surface area contributed by atoms with Gasteiger partial charge < -0.3 is 4.42 Å². The topological polar surface area (TPSA) is 66.0 Å². The van der Waals surface area contributed by atoms with E-state index in [0.29, 0.717) is 11.3 Å². The zero-order valence-corrected chi connectivity index (χ0v) is 12.7. The summed E-state index contributed by atoms with van der Waals surface area (Å²) < 4.78 is 5.64. The molecule has 1 aromatic heterocycles. The minimum Gasteiger partial charge on any atom is -0.439 e. The molecule has 1 heterocycles. The van der Waals surface area contributed by atoms with E-state index >= 15 is 0 Å². The Labute approximate surface area is 124 Å². The Morgan fingerprint density at radius 1 is 1.24 bits per heavy atom. The number of anilines is 1. The number of rotatable bonds is 2. The lowest BCUT2D eigenvalue weighted by Crippen LogP contribution is -2.27. The first-order valence-corrected chi connectivity index (χ1v) is 6.73. The summed E-state index contributed by atoms with van der Waals surface area (Å²) in [5.41, 5.74) is 1.78. The van der Waals surface area contributed by atoms with Crippen LogP contribution < -0.4 is 5.32 Å². The molecule has 2 aromatic rings. The van der Waals surface area contributed by atoms with Crippen LogP contribution in [0.1, 0.15) is 31.9 Å². The molecule has 0 spiro atoms. The normalized spacial score (nSPS) is 11.0. The number of carbonyl (C=O) groups is 1. The van der Waals surface area contributed by atoms with Crippen molar-refractivity contribution in [3.05, 3.63) is 41.5 Å². The van der Waals surface area contributed by atoms with Gasteiger partial charge in [-0.1, -0.05) is 50.6 Å². The van der Waals surface area contributed by atoms with Gasteiger partial charge in [0.2, 0.25) is 11.8 Å². The summed E-state index contributed by atoms with van der Waals surface area (Å²) >= 11 is 0. The van der Waals surface area contributed by atoms with Gasteiger partial charge in [0.15, 0.2) is 0 Å². The third kappa shape index (κ3) is 3.32. The zero-order chi connectivity index (χ0) is 15.6. The molecule has 0 saturated heterocycles.